The summed E-state index contributed by atoms with van der Waals surface area (Å²) in [6, 6.07) is 8.05. The quantitative estimate of drug-likeness (QED) is 0.901. The van der Waals surface area contributed by atoms with Gasteiger partial charge in [-0.15, -0.1) is 11.3 Å². The minimum absolute atomic E-state index is 0.191. The molecule has 0 saturated heterocycles. The molecule has 0 unspecified atom stereocenters. The molecule has 0 fully saturated rings. The van der Waals surface area contributed by atoms with E-state index in [1.54, 1.807) is 36.8 Å². The minimum atomic E-state index is -3.56. The van der Waals surface area contributed by atoms with E-state index in [-0.39, 0.29) is 4.21 Å². The summed E-state index contributed by atoms with van der Waals surface area (Å²) >= 11 is 1.08. The Morgan fingerprint density at radius 1 is 1.28 bits per heavy atom. The Balaban J connectivity index is 2.22. The van der Waals surface area contributed by atoms with Crippen LogP contribution in [0.1, 0.15) is 0 Å². The van der Waals surface area contributed by atoms with Crippen molar-refractivity contribution in [2.24, 2.45) is 0 Å². The highest BCUT2D eigenvalue weighted by Crippen LogP contribution is 2.24. The molecular weight excluding hydrogens is 272 g/mol. The van der Waals surface area contributed by atoms with Gasteiger partial charge in [-0.25, -0.2) is 8.42 Å². The molecule has 0 aliphatic rings. The first-order valence-electron chi connectivity index (χ1n) is 5.02. The van der Waals surface area contributed by atoms with Gasteiger partial charge in [-0.2, -0.15) is 0 Å². The number of anilines is 2. The Hall–Kier alpha value is -1.73. The lowest BCUT2D eigenvalue weighted by Gasteiger charge is -2.06. The van der Waals surface area contributed by atoms with Crippen LogP contribution >= 0.6 is 11.3 Å². The number of ether oxygens (including phenoxy) is 1. The topological polar surface area (TPSA) is 81.4 Å². The van der Waals surface area contributed by atoms with Crippen LogP contribution in [0.25, 0.3) is 0 Å². The Morgan fingerprint density at radius 3 is 2.44 bits per heavy atom. The Morgan fingerprint density at radius 2 is 1.94 bits per heavy atom. The summed E-state index contributed by atoms with van der Waals surface area (Å²) in [6.45, 7) is 0. The number of rotatable bonds is 4. The first kappa shape index (κ1) is 12.7. The van der Waals surface area contributed by atoms with E-state index in [1.807, 2.05) is 0 Å². The van der Waals surface area contributed by atoms with Crippen molar-refractivity contribution in [3.8, 4) is 5.75 Å². The van der Waals surface area contributed by atoms with Gasteiger partial charge in [0.2, 0.25) is 0 Å². The summed E-state index contributed by atoms with van der Waals surface area (Å²) in [5.74, 6) is 0.665. The van der Waals surface area contributed by atoms with Crippen LogP contribution in [0.4, 0.5) is 11.4 Å². The molecule has 96 valence electrons. The highest BCUT2D eigenvalue weighted by molar-refractivity contribution is 7.94. The van der Waals surface area contributed by atoms with E-state index < -0.39 is 10.0 Å². The van der Waals surface area contributed by atoms with Crippen LogP contribution in [0.5, 0.6) is 5.75 Å². The highest BCUT2D eigenvalue weighted by Gasteiger charge is 2.16. The summed E-state index contributed by atoms with van der Waals surface area (Å²) < 4.78 is 31.6. The van der Waals surface area contributed by atoms with E-state index >= 15 is 0 Å². The van der Waals surface area contributed by atoms with E-state index in [0.29, 0.717) is 17.1 Å². The summed E-state index contributed by atoms with van der Waals surface area (Å²) in [6.07, 6.45) is 0. The lowest BCUT2D eigenvalue weighted by Crippen LogP contribution is -2.11. The van der Waals surface area contributed by atoms with E-state index in [2.05, 4.69) is 4.72 Å². The van der Waals surface area contributed by atoms with Gasteiger partial charge >= 0.3 is 0 Å². The van der Waals surface area contributed by atoms with Gasteiger partial charge in [0.25, 0.3) is 10.0 Å². The molecule has 2 aromatic rings. The second-order valence-electron chi connectivity index (χ2n) is 3.53. The number of thiophene rings is 1. The monoisotopic (exact) mass is 284 g/mol. The van der Waals surface area contributed by atoms with Crippen molar-refractivity contribution in [3.05, 3.63) is 35.7 Å². The van der Waals surface area contributed by atoms with Crippen LogP contribution in [0.15, 0.2) is 39.9 Å². The first-order valence-corrected chi connectivity index (χ1v) is 7.38. The summed E-state index contributed by atoms with van der Waals surface area (Å²) in [5.41, 5.74) is 6.42. The highest BCUT2D eigenvalue weighted by atomic mass is 32.2. The molecule has 18 heavy (non-hydrogen) atoms. The minimum Gasteiger partial charge on any atom is -0.497 e. The van der Waals surface area contributed by atoms with Gasteiger partial charge in [-0.1, -0.05) is 0 Å². The van der Waals surface area contributed by atoms with Crippen LogP contribution in [0.3, 0.4) is 0 Å². The second-order valence-corrected chi connectivity index (χ2v) is 6.35. The number of benzene rings is 1. The maximum atomic E-state index is 12.0. The molecule has 5 nitrogen and oxygen atoms in total. The number of sulfonamides is 1. The zero-order valence-corrected chi connectivity index (χ0v) is 11.2. The molecule has 0 saturated carbocycles. The van der Waals surface area contributed by atoms with Gasteiger partial charge in [0.05, 0.1) is 7.11 Å². The summed E-state index contributed by atoms with van der Waals surface area (Å²) in [5, 5.41) is 1.59. The first-order chi connectivity index (χ1) is 8.51. The molecule has 1 heterocycles. The van der Waals surface area contributed by atoms with E-state index in [9.17, 15) is 8.42 Å². The number of nitrogen functional groups attached to an aromatic ring is 1. The molecule has 0 amide bonds. The Kier molecular flexibility index (Phi) is 3.44. The number of hydrogen-bond donors (Lipinski definition) is 2. The fourth-order valence-electron chi connectivity index (χ4n) is 1.34. The standard InChI is InChI=1S/C11H12N2O3S2/c1-16-10-4-2-9(3-5-10)13-18(14,15)11-6-8(12)7-17-11/h2-7,13H,12H2,1H3. The van der Waals surface area contributed by atoms with Crippen LogP contribution in [0.2, 0.25) is 0 Å². The molecule has 3 N–H and O–H groups in total. The van der Waals surface area contributed by atoms with Gasteiger partial charge in [-0.05, 0) is 30.3 Å². The van der Waals surface area contributed by atoms with Gasteiger partial charge in [0, 0.05) is 16.8 Å². The zero-order valence-electron chi connectivity index (χ0n) is 9.58. The average molecular weight is 284 g/mol. The predicted molar refractivity (Wildman–Crippen MR) is 72.5 cm³/mol. The van der Waals surface area contributed by atoms with E-state index in [0.717, 1.165) is 11.3 Å². The third-order valence-corrected chi connectivity index (χ3v) is 5.04. The maximum absolute atomic E-state index is 12.0. The zero-order chi connectivity index (χ0) is 13.2. The molecule has 0 aliphatic carbocycles. The lowest BCUT2D eigenvalue weighted by atomic mass is 10.3. The summed E-state index contributed by atoms with van der Waals surface area (Å²) in [7, 11) is -2.02. The molecule has 0 spiro atoms. The van der Waals surface area contributed by atoms with Crippen LogP contribution in [-0.4, -0.2) is 15.5 Å². The fraction of sp³-hybridized carbons (Fsp3) is 0.0909. The molecule has 0 bridgehead atoms. The second kappa shape index (κ2) is 4.87. The molecule has 1 aromatic carbocycles. The molecule has 0 radical (unpaired) electrons. The normalized spacial score (nSPS) is 11.2. The van der Waals surface area contributed by atoms with Gasteiger partial charge in [0.15, 0.2) is 0 Å². The van der Waals surface area contributed by atoms with Gasteiger partial charge in [0.1, 0.15) is 9.96 Å². The third-order valence-electron chi connectivity index (χ3n) is 2.20. The maximum Gasteiger partial charge on any atom is 0.271 e. The van der Waals surface area contributed by atoms with E-state index in [4.69, 9.17) is 10.5 Å². The lowest BCUT2D eigenvalue weighted by molar-refractivity contribution is 0.415. The average Bonchev–Trinajstić information content (AvgIpc) is 2.77. The van der Waals surface area contributed by atoms with Crippen molar-refractivity contribution in [2.45, 2.75) is 4.21 Å². The molecule has 1 aromatic heterocycles. The summed E-state index contributed by atoms with van der Waals surface area (Å²) in [4.78, 5) is 0. The van der Waals surface area contributed by atoms with Crippen LogP contribution in [-0.2, 0) is 10.0 Å². The largest absolute Gasteiger partial charge is 0.497 e. The van der Waals surface area contributed by atoms with Crippen molar-refractivity contribution >= 4 is 32.7 Å². The Bertz CT molecular complexity index is 633. The fourth-order valence-corrected chi connectivity index (χ4v) is 3.47. The van der Waals surface area contributed by atoms with Crippen molar-refractivity contribution in [1.82, 2.24) is 0 Å². The van der Waals surface area contributed by atoms with Crippen molar-refractivity contribution < 1.29 is 13.2 Å². The molecule has 0 atom stereocenters. The molecule has 2 rings (SSSR count). The number of nitrogens with two attached hydrogens (primary N) is 1. The third kappa shape index (κ3) is 2.74. The van der Waals surface area contributed by atoms with Crippen molar-refractivity contribution in [1.29, 1.82) is 0 Å². The van der Waals surface area contributed by atoms with Gasteiger partial charge in [-0.3, -0.25) is 4.72 Å². The molecule has 0 aliphatic heterocycles. The van der Waals surface area contributed by atoms with E-state index in [1.165, 1.54) is 6.07 Å². The van der Waals surface area contributed by atoms with Crippen LogP contribution < -0.4 is 15.2 Å². The number of hydrogen-bond acceptors (Lipinski definition) is 5. The Labute approximate surface area is 109 Å². The molecule has 7 heteroatoms. The number of methoxy groups -OCH3 is 1. The van der Waals surface area contributed by atoms with Crippen molar-refractivity contribution in [2.75, 3.05) is 17.6 Å². The SMILES string of the molecule is COc1ccc(NS(=O)(=O)c2cc(N)cs2)cc1. The van der Waals surface area contributed by atoms with Gasteiger partial charge < -0.3 is 10.5 Å². The molecular formula is C11H12N2O3S2. The number of nitrogens with one attached hydrogen (secondary N) is 1. The van der Waals surface area contributed by atoms with Crippen LogP contribution in [0, 0.1) is 0 Å². The predicted octanol–water partition coefficient (Wildman–Crippen LogP) is 2.14. The smallest absolute Gasteiger partial charge is 0.271 e. The van der Waals surface area contributed by atoms with Crippen molar-refractivity contribution in [3.63, 3.8) is 0 Å².